The predicted molar refractivity (Wildman–Crippen MR) is 105 cm³/mol. The van der Waals surface area contributed by atoms with Crippen molar-refractivity contribution in [3.8, 4) is 0 Å². The quantitative estimate of drug-likeness (QED) is 0.535. The van der Waals surface area contributed by atoms with Crippen molar-refractivity contribution in [3.63, 3.8) is 0 Å². The van der Waals surface area contributed by atoms with Gasteiger partial charge < -0.3 is 21.7 Å². The molecule has 0 aliphatic heterocycles. The third-order valence-electron chi connectivity index (χ3n) is 4.04. The average Bonchev–Trinajstić information content (AvgIpc) is 2.68. The van der Waals surface area contributed by atoms with E-state index in [1.165, 1.54) is 5.56 Å². The lowest BCUT2D eigenvalue weighted by Gasteiger charge is -2.05. The van der Waals surface area contributed by atoms with E-state index < -0.39 is 24.0 Å². The summed E-state index contributed by atoms with van der Waals surface area (Å²) in [5, 5.41) is 17.1. The largest absolute Gasteiger partial charge is 0.480 e. The molecule has 0 spiro atoms. The Balaban J connectivity index is 0.000000271. The minimum atomic E-state index is -0.934. The topological polar surface area (TPSA) is 127 Å². The van der Waals surface area contributed by atoms with Crippen molar-refractivity contribution in [2.45, 2.75) is 44.2 Å². The fourth-order valence-electron chi connectivity index (χ4n) is 2.38. The second-order valence-electron chi connectivity index (χ2n) is 6.29. The molecule has 146 valence electrons. The van der Waals surface area contributed by atoms with E-state index >= 15 is 0 Å². The van der Waals surface area contributed by atoms with E-state index in [4.69, 9.17) is 21.7 Å². The number of hydrogen-bond donors (Lipinski definition) is 4. The van der Waals surface area contributed by atoms with Crippen molar-refractivity contribution in [3.05, 3.63) is 71.8 Å². The first kappa shape index (κ1) is 22.3. The van der Waals surface area contributed by atoms with E-state index in [2.05, 4.69) is 0 Å². The molecule has 0 aromatic heterocycles. The van der Waals surface area contributed by atoms with Crippen LogP contribution in [0.2, 0.25) is 0 Å². The van der Waals surface area contributed by atoms with Crippen molar-refractivity contribution in [1.29, 1.82) is 0 Å². The maximum atomic E-state index is 10.4. The number of rotatable bonds is 9. The maximum absolute atomic E-state index is 10.4. The number of benzene rings is 2. The Labute approximate surface area is 159 Å². The molecule has 0 saturated carbocycles. The van der Waals surface area contributed by atoms with Crippen LogP contribution < -0.4 is 11.5 Å². The third-order valence-corrected chi connectivity index (χ3v) is 4.04. The third kappa shape index (κ3) is 10.1. The fourth-order valence-corrected chi connectivity index (χ4v) is 2.38. The molecule has 6 heteroatoms. The lowest BCUT2D eigenvalue weighted by Crippen LogP contribution is -2.30. The highest BCUT2D eigenvalue weighted by Crippen LogP contribution is 2.06. The molecule has 27 heavy (non-hydrogen) atoms. The summed E-state index contributed by atoms with van der Waals surface area (Å²) >= 11 is 0. The molecule has 2 aromatic rings. The van der Waals surface area contributed by atoms with Gasteiger partial charge in [-0.25, -0.2) is 0 Å². The summed E-state index contributed by atoms with van der Waals surface area (Å²) in [6.45, 7) is 0. The smallest absolute Gasteiger partial charge is 0.320 e. The first-order valence-corrected chi connectivity index (χ1v) is 8.94. The minimum absolute atomic E-state index is 0.485. The zero-order valence-electron chi connectivity index (χ0n) is 15.3. The summed E-state index contributed by atoms with van der Waals surface area (Å²) < 4.78 is 0. The Morgan fingerprint density at radius 1 is 0.704 bits per heavy atom. The summed E-state index contributed by atoms with van der Waals surface area (Å²) in [5.41, 5.74) is 13.1. The molecule has 2 atom stereocenters. The number of aryl methyl sites for hydroxylation is 2. The first-order valence-electron chi connectivity index (χ1n) is 8.94. The second kappa shape index (κ2) is 12.6. The van der Waals surface area contributed by atoms with E-state index in [1.807, 2.05) is 60.7 Å². The Hall–Kier alpha value is -2.70. The Kier molecular flexibility index (Phi) is 10.4. The van der Waals surface area contributed by atoms with E-state index in [1.54, 1.807) is 0 Å². The van der Waals surface area contributed by atoms with E-state index in [0.717, 1.165) is 18.4 Å². The van der Waals surface area contributed by atoms with Crippen molar-refractivity contribution in [2.24, 2.45) is 11.5 Å². The van der Waals surface area contributed by atoms with Crippen LogP contribution in [0.5, 0.6) is 0 Å². The van der Waals surface area contributed by atoms with Gasteiger partial charge in [0.25, 0.3) is 0 Å². The molecule has 0 bridgehead atoms. The van der Waals surface area contributed by atoms with Gasteiger partial charge in [-0.15, -0.1) is 0 Å². The van der Waals surface area contributed by atoms with Gasteiger partial charge in [-0.05, 0) is 43.2 Å². The number of carbonyl (C=O) groups is 2. The van der Waals surface area contributed by atoms with Gasteiger partial charge in [0.2, 0.25) is 0 Å². The van der Waals surface area contributed by atoms with Crippen molar-refractivity contribution in [1.82, 2.24) is 0 Å². The lowest BCUT2D eigenvalue weighted by atomic mass is 10.1. The number of carboxylic acid groups (broad SMARTS) is 2. The van der Waals surface area contributed by atoms with E-state index in [-0.39, 0.29) is 0 Å². The van der Waals surface area contributed by atoms with Crippen LogP contribution in [0.4, 0.5) is 0 Å². The molecular formula is C21H28N2O4. The summed E-state index contributed by atoms with van der Waals surface area (Å²) in [6.07, 6.45) is 3.44. The van der Waals surface area contributed by atoms with Crippen LogP contribution in [0.15, 0.2) is 60.7 Å². The minimum Gasteiger partial charge on any atom is -0.480 e. The van der Waals surface area contributed by atoms with Gasteiger partial charge in [0.15, 0.2) is 0 Å². The van der Waals surface area contributed by atoms with Crippen molar-refractivity contribution >= 4 is 11.9 Å². The summed E-state index contributed by atoms with van der Waals surface area (Å²) in [6, 6.07) is 18.2. The molecular weight excluding hydrogens is 344 g/mol. The molecule has 1 unspecified atom stereocenters. The van der Waals surface area contributed by atoms with Crippen LogP contribution in [-0.2, 0) is 22.4 Å². The highest BCUT2D eigenvalue weighted by atomic mass is 16.4. The van der Waals surface area contributed by atoms with Gasteiger partial charge in [-0.1, -0.05) is 60.7 Å². The number of nitrogens with two attached hydrogens (primary N) is 2. The molecule has 6 N–H and O–H groups in total. The zero-order chi connectivity index (χ0) is 20.1. The molecule has 0 aliphatic rings. The predicted octanol–water partition coefficient (Wildman–Crippen LogP) is 2.45. The summed E-state index contributed by atoms with van der Waals surface area (Å²) in [4.78, 5) is 20.8. The van der Waals surface area contributed by atoms with Gasteiger partial charge in [0.1, 0.15) is 12.1 Å². The fraction of sp³-hybridized carbons (Fsp3) is 0.333. The van der Waals surface area contributed by atoms with Crippen LogP contribution >= 0.6 is 0 Å². The molecule has 0 saturated heterocycles. The maximum Gasteiger partial charge on any atom is 0.320 e. The molecule has 2 aromatic carbocycles. The van der Waals surface area contributed by atoms with Gasteiger partial charge in [0.05, 0.1) is 0 Å². The Morgan fingerprint density at radius 2 is 1.11 bits per heavy atom. The molecule has 0 radical (unpaired) electrons. The highest BCUT2D eigenvalue weighted by Gasteiger charge is 2.10. The molecule has 0 fully saturated rings. The number of carboxylic acids is 2. The van der Waals surface area contributed by atoms with E-state index in [9.17, 15) is 9.59 Å². The molecule has 0 aliphatic carbocycles. The van der Waals surface area contributed by atoms with Gasteiger partial charge in [0, 0.05) is 0 Å². The molecule has 0 amide bonds. The van der Waals surface area contributed by atoms with Crippen LogP contribution in [0, 0.1) is 0 Å². The molecule has 2 rings (SSSR count). The van der Waals surface area contributed by atoms with Gasteiger partial charge >= 0.3 is 11.9 Å². The van der Waals surface area contributed by atoms with Gasteiger partial charge in [-0.3, -0.25) is 9.59 Å². The molecule has 0 heterocycles. The lowest BCUT2D eigenvalue weighted by molar-refractivity contribution is -0.139. The van der Waals surface area contributed by atoms with Crippen LogP contribution in [0.25, 0.3) is 0 Å². The van der Waals surface area contributed by atoms with Crippen molar-refractivity contribution in [2.75, 3.05) is 0 Å². The molecule has 6 nitrogen and oxygen atoms in total. The van der Waals surface area contributed by atoms with Gasteiger partial charge in [-0.2, -0.15) is 0 Å². The average molecular weight is 372 g/mol. The Bertz CT molecular complexity index is 677. The standard InChI is InChI=1S/C11H15NO2.C10H13NO2/c12-10(11(13)14)8-4-7-9-5-2-1-3-6-9;11-9(10(12)13)7-6-8-4-2-1-3-5-8/h1-3,5-6,10H,4,7-8,12H2,(H,13,14);1-5,9H,6-7,11H2,(H,12,13)/t;9-/m.0/s1. The number of hydrogen-bond acceptors (Lipinski definition) is 4. The number of aliphatic carboxylic acids is 2. The summed E-state index contributed by atoms with van der Waals surface area (Å²) in [7, 11) is 0. The van der Waals surface area contributed by atoms with Crippen LogP contribution in [0.3, 0.4) is 0 Å². The monoisotopic (exact) mass is 372 g/mol. The van der Waals surface area contributed by atoms with E-state index in [0.29, 0.717) is 19.3 Å². The SMILES string of the molecule is NC(CCCc1ccccc1)C(=O)O.N[C@@H](CCc1ccccc1)C(=O)O. The Morgan fingerprint density at radius 3 is 1.56 bits per heavy atom. The van der Waals surface area contributed by atoms with Crippen LogP contribution in [0.1, 0.15) is 30.4 Å². The highest BCUT2D eigenvalue weighted by molar-refractivity contribution is 5.73. The first-order chi connectivity index (χ1) is 12.9. The van der Waals surface area contributed by atoms with Crippen molar-refractivity contribution < 1.29 is 19.8 Å². The second-order valence-corrected chi connectivity index (χ2v) is 6.29. The zero-order valence-corrected chi connectivity index (χ0v) is 15.3. The summed E-state index contributed by atoms with van der Waals surface area (Å²) in [5.74, 6) is -1.85. The normalized spacial score (nSPS) is 12.4. The van der Waals surface area contributed by atoms with Crippen LogP contribution in [-0.4, -0.2) is 34.2 Å².